The van der Waals surface area contributed by atoms with Gasteiger partial charge < -0.3 is 9.74 Å². The van der Waals surface area contributed by atoms with Gasteiger partial charge in [0.2, 0.25) is 5.91 Å². The van der Waals surface area contributed by atoms with Crippen LogP contribution in [0, 0.1) is 0 Å². The third-order valence-electron chi connectivity index (χ3n) is 3.09. The van der Waals surface area contributed by atoms with Gasteiger partial charge in [0.05, 0.1) is 12.3 Å². The predicted octanol–water partition coefficient (Wildman–Crippen LogP) is 2.05. The smallest absolute Gasteiger partial charge is 0.219 e. The Bertz CT molecular complexity index is 442. The minimum atomic E-state index is -0.0240. The Hall–Kier alpha value is -1.84. The van der Waals surface area contributed by atoms with Crippen LogP contribution in [0.1, 0.15) is 25.8 Å². The van der Waals surface area contributed by atoms with Crippen LogP contribution in [0.25, 0.3) is 0 Å². The zero-order chi connectivity index (χ0) is 13.0. The van der Waals surface area contributed by atoms with E-state index in [4.69, 9.17) is 4.84 Å². The van der Waals surface area contributed by atoms with Crippen LogP contribution in [-0.4, -0.2) is 35.7 Å². The second-order valence-corrected chi connectivity index (χ2v) is 4.39. The molecule has 1 atom stereocenters. The van der Waals surface area contributed by atoms with E-state index in [1.807, 2.05) is 37.3 Å². The van der Waals surface area contributed by atoms with Crippen LogP contribution in [0.3, 0.4) is 0 Å². The van der Waals surface area contributed by atoms with Crippen molar-refractivity contribution in [2.24, 2.45) is 5.16 Å². The fourth-order valence-corrected chi connectivity index (χ4v) is 2.05. The average Bonchev–Trinajstić information content (AvgIpc) is 2.85. The number of hydrogen-bond acceptors (Lipinski definition) is 3. The van der Waals surface area contributed by atoms with Crippen molar-refractivity contribution in [1.29, 1.82) is 0 Å². The van der Waals surface area contributed by atoms with Crippen LogP contribution in [0.5, 0.6) is 0 Å². The molecule has 2 rings (SSSR count). The summed E-state index contributed by atoms with van der Waals surface area (Å²) in [5.74, 6) is 0.0780. The quantitative estimate of drug-likeness (QED) is 0.816. The Kier molecular flexibility index (Phi) is 3.97. The highest BCUT2D eigenvalue weighted by Gasteiger charge is 2.24. The van der Waals surface area contributed by atoms with Crippen LogP contribution in [-0.2, 0) is 9.63 Å². The summed E-state index contributed by atoms with van der Waals surface area (Å²) in [5, 5.41) is 4.11. The molecule has 1 aromatic rings. The first-order valence-corrected chi connectivity index (χ1v) is 6.24. The maximum Gasteiger partial charge on any atom is 0.219 e. The second kappa shape index (κ2) is 5.67. The molecule has 0 saturated heterocycles. The molecule has 1 aliphatic heterocycles. The van der Waals surface area contributed by atoms with Crippen LogP contribution in [0.15, 0.2) is 35.5 Å². The summed E-state index contributed by atoms with van der Waals surface area (Å²) in [4.78, 5) is 18.5. The molecular formula is C14H18N2O2. The Balaban J connectivity index is 1.94. The highest BCUT2D eigenvalue weighted by molar-refractivity contribution is 6.01. The predicted molar refractivity (Wildman–Crippen MR) is 70.4 cm³/mol. The highest BCUT2D eigenvalue weighted by atomic mass is 16.6. The number of amides is 1. The lowest BCUT2D eigenvalue weighted by Gasteiger charge is -2.21. The Morgan fingerprint density at radius 2 is 2.17 bits per heavy atom. The van der Waals surface area contributed by atoms with Crippen LogP contribution >= 0.6 is 0 Å². The van der Waals surface area contributed by atoms with Gasteiger partial charge in [-0.15, -0.1) is 0 Å². The zero-order valence-electron chi connectivity index (χ0n) is 10.8. The lowest BCUT2D eigenvalue weighted by Crippen LogP contribution is -2.36. The molecule has 0 bridgehead atoms. The van der Waals surface area contributed by atoms with Gasteiger partial charge in [-0.1, -0.05) is 35.5 Å². The van der Waals surface area contributed by atoms with Gasteiger partial charge in [0, 0.05) is 19.9 Å². The summed E-state index contributed by atoms with van der Waals surface area (Å²) < 4.78 is 0. The molecule has 0 aromatic heterocycles. The zero-order valence-corrected chi connectivity index (χ0v) is 10.8. The molecule has 1 heterocycles. The minimum Gasteiger partial charge on any atom is -0.390 e. The number of likely N-dealkylation sites (N-methyl/N-ethyl adjacent to an activating group) is 1. The average molecular weight is 246 g/mol. The number of benzene rings is 1. The first kappa shape index (κ1) is 12.6. The van der Waals surface area contributed by atoms with Gasteiger partial charge in [-0.25, -0.2) is 0 Å². The van der Waals surface area contributed by atoms with Crippen LogP contribution < -0.4 is 0 Å². The fourth-order valence-electron chi connectivity index (χ4n) is 2.05. The van der Waals surface area contributed by atoms with Crippen molar-refractivity contribution in [3.63, 3.8) is 0 Å². The highest BCUT2D eigenvalue weighted by Crippen LogP contribution is 2.17. The van der Waals surface area contributed by atoms with Gasteiger partial charge in [0.25, 0.3) is 0 Å². The molecule has 18 heavy (non-hydrogen) atoms. The van der Waals surface area contributed by atoms with E-state index in [-0.39, 0.29) is 12.0 Å². The summed E-state index contributed by atoms with van der Waals surface area (Å²) in [5.41, 5.74) is 2.05. The van der Waals surface area contributed by atoms with Gasteiger partial charge in [0.15, 0.2) is 6.10 Å². The Morgan fingerprint density at radius 1 is 1.44 bits per heavy atom. The number of carbonyl (C=O) groups is 1. The van der Waals surface area contributed by atoms with Crippen molar-refractivity contribution in [1.82, 2.24) is 4.90 Å². The summed E-state index contributed by atoms with van der Waals surface area (Å²) in [6.45, 7) is 4.86. The Morgan fingerprint density at radius 3 is 2.78 bits per heavy atom. The molecule has 0 spiro atoms. The molecule has 4 nitrogen and oxygen atoms in total. The number of nitrogens with zero attached hydrogens (tertiary/aromatic N) is 2. The largest absolute Gasteiger partial charge is 0.390 e. The molecule has 1 amide bonds. The standard InChI is InChI=1S/C14H18N2O2/c1-3-16(11(2)17)10-13-9-14(15-18-13)12-7-5-4-6-8-12/h4-8,13H,3,9-10H2,1-2H3. The van der Waals surface area contributed by atoms with E-state index < -0.39 is 0 Å². The molecule has 1 aromatic carbocycles. The van der Waals surface area contributed by atoms with E-state index >= 15 is 0 Å². The van der Waals surface area contributed by atoms with Crippen molar-refractivity contribution in [2.45, 2.75) is 26.4 Å². The normalized spacial score (nSPS) is 18.1. The second-order valence-electron chi connectivity index (χ2n) is 4.39. The number of carbonyl (C=O) groups excluding carboxylic acids is 1. The van der Waals surface area contributed by atoms with E-state index in [9.17, 15) is 4.79 Å². The first-order valence-electron chi connectivity index (χ1n) is 6.24. The van der Waals surface area contributed by atoms with Gasteiger partial charge in [-0.05, 0) is 12.5 Å². The summed E-state index contributed by atoms with van der Waals surface area (Å²) in [6, 6.07) is 9.99. The van der Waals surface area contributed by atoms with Crippen molar-refractivity contribution in [3.05, 3.63) is 35.9 Å². The summed E-state index contributed by atoms with van der Waals surface area (Å²) in [6.07, 6.45) is 0.734. The number of rotatable bonds is 4. The topological polar surface area (TPSA) is 41.9 Å². The lowest BCUT2D eigenvalue weighted by atomic mass is 10.0. The van der Waals surface area contributed by atoms with Gasteiger partial charge >= 0.3 is 0 Å². The van der Waals surface area contributed by atoms with E-state index in [1.54, 1.807) is 11.8 Å². The maximum atomic E-state index is 11.3. The van der Waals surface area contributed by atoms with Crippen molar-refractivity contribution in [3.8, 4) is 0 Å². The van der Waals surface area contributed by atoms with E-state index in [2.05, 4.69) is 5.16 Å². The first-order chi connectivity index (χ1) is 8.70. The molecule has 1 unspecified atom stereocenters. The van der Waals surface area contributed by atoms with Crippen molar-refractivity contribution in [2.75, 3.05) is 13.1 Å². The van der Waals surface area contributed by atoms with Crippen molar-refractivity contribution < 1.29 is 9.63 Å². The molecule has 0 saturated carbocycles. The van der Waals surface area contributed by atoms with Crippen LogP contribution in [0.2, 0.25) is 0 Å². The third-order valence-corrected chi connectivity index (χ3v) is 3.09. The Labute approximate surface area is 107 Å². The van der Waals surface area contributed by atoms with Gasteiger partial charge in [-0.2, -0.15) is 0 Å². The SMILES string of the molecule is CCN(CC1CC(c2ccccc2)=NO1)C(C)=O. The number of hydrogen-bond donors (Lipinski definition) is 0. The maximum absolute atomic E-state index is 11.3. The van der Waals surface area contributed by atoms with E-state index in [0.717, 1.165) is 17.7 Å². The lowest BCUT2D eigenvalue weighted by molar-refractivity contribution is -0.130. The van der Waals surface area contributed by atoms with Crippen molar-refractivity contribution >= 4 is 11.6 Å². The van der Waals surface area contributed by atoms with E-state index in [0.29, 0.717) is 13.1 Å². The monoisotopic (exact) mass is 246 g/mol. The third kappa shape index (κ3) is 2.88. The molecule has 0 N–H and O–H groups in total. The fraction of sp³-hybridized carbons (Fsp3) is 0.429. The molecule has 1 aliphatic rings. The molecular weight excluding hydrogens is 228 g/mol. The van der Waals surface area contributed by atoms with Crippen LogP contribution in [0.4, 0.5) is 0 Å². The van der Waals surface area contributed by atoms with Gasteiger partial charge in [-0.3, -0.25) is 4.79 Å². The molecule has 0 aliphatic carbocycles. The molecule has 0 radical (unpaired) electrons. The minimum absolute atomic E-state index is 0.0240. The molecule has 96 valence electrons. The molecule has 0 fully saturated rings. The van der Waals surface area contributed by atoms with Gasteiger partial charge in [0.1, 0.15) is 0 Å². The number of oxime groups is 1. The summed E-state index contributed by atoms with van der Waals surface area (Å²) in [7, 11) is 0. The molecule has 4 heteroatoms. The van der Waals surface area contributed by atoms with E-state index in [1.165, 1.54) is 0 Å². The summed E-state index contributed by atoms with van der Waals surface area (Å²) >= 11 is 0.